The van der Waals surface area contributed by atoms with Crippen LogP contribution in [0.3, 0.4) is 0 Å². The third-order valence-electron chi connectivity index (χ3n) is 6.09. The summed E-state index contributed by atoms with van der Waals surface area (Å²) in [5, 5.41) is 9.07. The van der Waals surface area contributed by atoms with Crippen LogP contribution in [-0.2, 0) is 13.1 Å². The first-order valence-corrected chi connectivity index (χ1v) is 11.6. The van der Waals surface area contributed by atoms with Gasteiger partial charge in [0, 0.05) is 35.4 Å². The average molecular weight is 444 g/mol. The quantitative estimate of drug-likeness (QED) is 0.340. The molecule has 0 bridgehead atoms. The molecule has 0 aliphatic carbocycles. The summed E-state index contributed by atoms with van der Waals surface area (Å²) in [7, 11) is 0. The van der Waals surface area contributed by atoms with Crippen LogP contribution in [0.4, 0.5) is 0 Å². The van der Waals surface area contributed by atoms with Crippen molar-refractivity contribution in [3.63, 3.8) is 0 Å². The van der Waals surface area contributed by atoms with Gasteiger partial charge in [-0.25, -0.2) is 0 Å². The molecule has 0 saturated heterocycles. The summed E-state index contributed by atoms with van der Waals surface area (Å²) in [4.78, 5) is 6.78. The Labute approximate surface area is 196 Å². The highest BCUT2D eigenvalue weighted by molar-refractivity contribution is 5.79. The third-order valence-corrected chi connectivity index (χ3v) is 6.09. The normalized spacial score (nSPS) is 11.8. The molecular formula is C27H33N5O. The third kappa shape index (κ3) is 5.22. The molecule has 6 heteroatoms. The molecule has 2 aromatic carbocycles. The monoisotopic (exact) mass is 443 g/mol. The molecule has 0 N–H and O–H groups in total. The summed E-state index contributed by atoms with van der Waals surface area (Å²) in [5.41, 5.74) is 7.71. The molecule has 0 amide bonds. The summed E-state index contributed by atoms with van der Waals surface area (Å²) < 4.78 is 7.10. The Morgan fingerprint density at radius 3 is 2.21 bits per heavy atom. The number of nitrogens with zero attached hydrogens (tertiary/aromatic N) is 5. The molecule has 172 valence electrons. The van der Waals surface area contributed by atoms with E-state index in [0.717, 1.165) is 35.6 Å². The van der Waals surface area contributed by atoms with Crippen molar-refractivity contribution in [3.05, 3.63) is 77.3 Å². The van der Waals surface area contributed by atoms with Crippen LogP contribution in [0.5, 0.6) is 0 Å². The molecule has 2 aromatic heterocycles. The van der Waals surface area contributed by atoms with E-state index >= 15 is 0 Å². The van der Waals surface area contributed by atoms with Gasteiger partial charge in [0.2, 0.25) is 12.2 Å². The minimum atomic E-state index is 0.460. The number of hydrogen-bond acceptors (Lipinski definition) is 5. The number of benzene rings is 2. The fourth-order valence-electron chi connectivity index (χ4n) is 4.23. The van der Waals surface area contributed by atoms with E-state index in [1.54, 1.807) is 0 Å². The van der Waals surface area contributed by atoms with Crippen molar-refractivity contribution in [1.29, 1.82) is 0 Å². The van der Waals surface area contributed by atoms with Gasteiger partial charge in [-0.05, 0) is 64.8 Å². The van der Waals surface area contributed by atoms with E-state index in [1.165, 1.54) is 23.1 Å². The lowest BCUT2D eigenvalue weighted by atomic mass is 9.99. The van der Waals surface area contributed by atoms with Crippen LogP contribution in [0.15, 0.2) is 59.4 Å². The SMILES string of the molecule is Cc1ccc(Cn2nc(-c3cc(CN(C(C)C)C(C)C)ccc3-c3ncon3)cc2C)cc1. The first-order chi connectivity index (χ1) is 15.8. The molecule has 33 heavy (non-hydrogen) atoms. The molecule has 0 radical (unpaired) electrons. The second kappa shape index (κ2) is 9.71. The Bertz CT molecular complexity index is 1180. The highest BCUT2D eigenvalue weighted by Gasteiger charge is 2.19. The van der Waals surface area contributed by atoms with Crippen LogP contribution < -0.4 is 0 Å². The second-order valence-corrected chi connectivity index (χ2v) is 9.31. The first-order valence-electron chi connectivity index (χ1n) is 11.6. The van der Waals surface area contributed by atoms with Crippen molar-refractivity contribution in [1.82, 2.24) is 24.8 Å². The van der Waals surface area contributed by atoms with E-state index < -0.39 is 0 Å². The predicted molar refractivity (Wildman–Crippen MR) is 132 cm³/mol. The van der Waals surface area contributed by atoms with Gasteiger partial charge < -0.3 is 4.52 Å². The summed E-state index contributed by atoms with van der Waals surface area (Å²) in [6.45, 7) is 14.8. The van der Waals surface area contributed by atoms with Gasteiger partial charge >= 0.3 is 0 Å². The maximum absolute atomic E-state index is 5.04. The van der Waals surface area contributed by atoms with Crippen molar-refractivity contribution in [2.24, 2.45) is 0 Å². The lowest BCUT2D eigenvalue weighted by Gasteiger charge is -2.30. The van der Waals surface area contributed by atoms with Gasteiger partial charge in [-0.1, -0.05) is 47.1 Å². The maximum Gasteiger partial charge on any atom is 0.214 e. The molecule has 0 atom stereocenters. The lowest BCUT2D eigenvalue weighted by Crippen LogP contribution is -2.36. The fourth-order valence-corrected chi connectivity index (χ4v) is 4.23. The molecule has 0 aliphatic rings. The van der Waals surface area contributed by atoms with E-state index in [-0.39, 0.29) is 0 Å². The zero-order valence-corrected chi connectivity index (χ0v) is 20.4. The van der Waals surface area contributed by atoms with Crippen molar-refractivity contribution in [2.45, 2.75) is 66.7 Å². The molecule has 6 nitrogen and oxygen atoms in total. The van der Waals surface area contributed by atoms with Gasteiger partial charge in [0.15, 0.2) is 0 Å². The summed E-state index contributed by atoms with van der Waals surface area (Å²) >= 11 is 0. The fraction of sp³-hybridized carbons (Fsp3) is 0.370. The number of aryl methyl sites for hydroxylation is 2. The van der Waals surface area contributed by atoms with Crippen molar-refractivity contribution >= 4 is 0 Å². The van der Waals surface area contributed by atoms with Gasteiger partial charge in [0.1, 0.15) is 0 Å². The first kappa shape index (κ1) is 22.9. The molecule has 0 saturated carbocycles. The standard InChI is InChI=1S/C27H33N5O/c1-18(2)31(19(3)4)15-23-11-12-24(27-28-17-33-30-27)25(14-23)26-13-21(6)32(29-26)16-22-9-7-20(5)8-10-22/h7-14,17-19H,15-16H2,1-6H3. The van der Waals surface area contributed by atoms with Gasteiger partial charge in [-0.3, -0.25) is 9.58 Å². The molecule has 0 fully saturated rings. The zero-order chi connectivity index (χ0) is 23.5. The van der Waals surface area contributed by atoms with E-state index in [9.17, 15) is 0 Å². The topological polar surface area (TPSA) is 60.0 Å². The van der Waals surface area contributed by atoms with Crippen LogP contribution in [-0.4, -0.2) is 36.9 Å². The van der Waals surface area contributed by atoms with Crippen LogP contribution in [0.2, 0.25) is 0 Å². The highest BCUT2D eigenvalue weighted by atomic mass is 16.5. The molecule has 2 heterocycles. The molecule has 0 spiro atoms. The van der Waals surface area contributed by atoms with Crippen LogP contribution in [0.1, 0.15) is 50.1 Å². The smallest absolute Gasteiger partial charge is 0.214 e. The highest BCUT2D eigenvalue weighted by Crippen LogP contribution is 2.32. The molecule has 0 unspecified atom stereocenters. The van der Waals surface area contributed by atoms with E-state index in [4.69, 9.17) is 9.62 Å². The second-order valence-electron chi connectivity index (χ2n) is 9.31. The van der Waals surface area contributed by atoms with Crippen molar-refractivity contribution in [3.8, 4) is 22.6 Å². The minimum Gasteiger partial charge on any atom is -0.342 e. The Balaban J connectivity index is 1.72. The molecule has 4 aromatic rings. The lowest BCUT2D eigenvalue weighted by molar-refractivity contribution is 0.166. The van der Waals surface area contributed by atoms with Crippen molar-refractivity contribution < 1.29 is 4.52 Å². The van der Waals surface area contributed by atoms with E-state index in [1.807, 2.05) is 0 Å². The minimum absolute atomic E-state index is 0.460. The Morgan fingerprint density at radius 2 is 1.58 bits per heavy atom. The van der Waals surface area contributed by atoms with Gasteiger partial charge in [0.25, 0.3) is 0 Å². The Hall–Kier alpha value is -3.25. The van der Waals surface area contributed by atoms with Crippen LogP contribution in [0.25, 0.3) is 22.6 Å². The summed E-state index contributed by atoms with van der Waals surface area (Å²) in [6.07, 6.45) is 1.37. The number of aromatic nitrogens is 4. The maximum atomic E-state index is 5.04. The zero-order valence-electron chi connectivity index (χ0n) is 20.4. The summed E-state index contributed by atoms with van der Waals surface area (Å²) in [5.74, 6) is 0.576. The van der Waals surface area contributed by atoms with Gasteiger partial charge in [-0.15, -0.1) is 0 Å². The van der Waals surface area contributed by atoms with E-state index in [0.29, 0.717) is 17.9 Å². The molecular weight excluding hydrogens is 410 g/mol. The Morgan fingerprint density at radius 1 is 0.879 bits per heavy atom. The van der Waals surface area contributed by atoms with Crippen LogP contribution >= 0.6 is 0 Å². The summed E-state index contributed by atoms with van der Waals surface area (Å²) in [6, 6.07) is 18.1. The van der Waals surface area contributed by atoms with E-state index in [2.05, 4.69) is 110 Å². The molecule has 0 aliphatic heterocycles. The number of hydrogen-bond donors (Lipinski definition) is 0. The Kier molecular flexibility index (Phi) is 6.75. The van der Waals surface area contributed by atoms with Gasteiger partial charge in [-0.2, -0.15) is 10.1 Å². The predicted octanol–water partition coefficient (Wildman–Crippen LogP) is 5.88. The van der Waals surface area contributed by atoms with Gasteiger partial charge in [0.05, 0.1) is 12.2 Å². The molecule has 4 rings (SSSR count). The number of rotatable bonds is 8. The largest absolute Gasteiger partial charge is 0.342 e. The average Bonchev–Trinajstić information content (AvgIpc) is 3.43. The van der Waals surface area contributed by atoms with Crippen molar-refractivity contribution in [2.75, 3.05) is 0 Å². The van der Waals surface area contributed by atoms with Crippen LogP contribution in [0, 0.1) is 13.8 Å².